The molecule has 0 aliphatic heterocycles. The summed E-state index contributed by atoms with van der Waals surface area (Å²) in [5, 5.41) is 3.86. The molecular weight excluding hydrogens is 357 g/mol. The number of fused-ring (bicyclic) bond motifs is 1. The minimum Gasteiger partial charge on any atom is -0.481 e. The van der Waals surface area contributed by atoms with Crippen LogP contribution >= 0.6 is 0 Å². The molecule has 3 N–H and O–H groups in total. The van der Waals surface area contributed by atoms with E-state index in [1.807, 2.05) is 13.0 Å². The maximum atomic E-state index is 13.5. The second-order valence-corrected chi connectivity index (χ2v) is 5.67. The zero-order chi connectivity index (χ0) is 18.7. The molecule has 3 aromatic rings. The Kier molecular flexibility index (Phi) is 4.99. The number of anilines is 2. The lowest BCUT2D eigenvalue weighted by atomic mass is 10.1. The van der Waals surface area contributed by atoms with Crippen LogP contribution in [0.25, 0.3) is 10.9 Å². The van der Waals surface area contributed by atoms with E-state index >= 15 is 0 Å². The molecule has 0 bridgehead atoms. The molecule has 0 aliphatic carbocycles. The van der Waals surface area contributed by atoms with Crippen molar-refractivity contribution in [3.63, 3.8) is 0 Å². The maximum Gasteiger partial charge on any atom is 0.255 e. The fraction of sp³-hybridized carbons (Fsp3) is 0.118. The predicted molar refractivity (Wildman–Crippen MR) is 98.1 cm³/mol. The first kappa shape index (κ1) is 17.6. The Hall–Kier alpha value is -3.20. The number of ether oxygens (including phenoxy) is 1. The topological polar surface area (TPSA) is 102 Å². The van der Waals surface area contributed by atoms with Crippen LogP contribution in [-0.2, 0) is 17.2 Å². The molecular formula is C17H14FN5O2S. The third kappa shape index (κ3) is 3.72. The first-order chi connectivity index (χ1) is 12.5. The van der Waals surface area contributed by atoms with Gasteiger partial charge in [0.15, 0.2) is 6.61 Å². The van der Waals surface area contributed by atoms with Crippen molar-refractivity contribution in [2.45, 2.75) is 6.92 Å². The first-order valence-corrected chi connectivity index (χ1v) is 7.91. The van der Waals surface area contributed by atoms with Crippen LogP contribution in [-0.4, -0.2) is 22.5 Å². The Morgan fingerprint density at radius 3 is 2.88 bits per heavy atom. The zero-order valence-corrected chi connectivity index (χ0v) is 14.5. The average Bonchev–Trinajstić information content (AvgIpc) is 2.61. The van der Waals surface area contributed by atoms with Crippen molar-refractivity contribution in [1.29, 1.82) is 0 Å². The third-order valence-electron chi connectivity index (χ3n) is 3.59. The highest BCUT2D eigenvalue weighted by atomic mass is 32.1. The van der Waals surface area contributed by atoms with Crippen LogP contribution in [0.1, 0.15) is 5.56 Å². The summed E-state index contributed by atoms with van der Waals surface area (Å²) in [4.78, 5) is 19.4. The number of nitrogens with two attached hydrogens (primary N) is 1. The lowest BCUT2D eigenvalue weighted by Crippen LogP contribution is -2.20. The molecule has 0 fully saturated rings. The van der Waals surface area contributed by atoms with Crippen LogP contribution in [0.2, 0.25) is 0 Å². The van der Waals surface area contributed by atoms with Crippen molar-refractivity contribution in [2.75, 3.05) is 11.9 Å². The molecule has 0 radical (unpaired) electrons. The number of hydrogen-bond donors (Lipinski definition) is 2. The molecule has 26 heavy (non-hydrogen) atoms. The van der Waals surface area contributed by atoms with Crippen LogP contribution in [0.3, 0.4) is 0 Å². The Morgan fingerprint density at radius 2 is 2.15 bits per heavy atom. The zero-order valence-electron chi connectivity index (χ0n) is 13.7. The molecule has 9 heteroatoms. The number of halogens is 1. The van der Waals surface area contributed by atoms with E-state index in [-0.39, 0.29) is 12.4 Å². The summed E-state index contributed by atoms with van der Waals surface area (Å²) in [5.74, 6) is -0.525. The number of aromatic nitrogens is 2. The largest absolute Gasteiger partial charge is 0.481 e. The van der Waals surface area contributed by atoms with Gasteiger partial charge in [0.25, 0.3) is 5.91 Å². The summed E-state index contributed by atoms with van der Waals surface area (Å²) in [7, 11) is 0. The SMILES string of the molecule is Cc1cc(N=S)cc2ncnc(Nc3ccc(F)cc3OCC(N)=O)c12. The molecule has 1 amide bonds. The maximum absolute atomic E-state index is 13.5. The van der Waals surface area contributed by atoms with E-state index in [2.05, 4.69) is 19.6 Å². The van der Waals surface area contributed by atoms with Crippen LogP contribution < -0.4 is 15.8 Å². The number of benzene rings is 2. The molecule has 0 saturated carbocycles. The van der Waals surface area contributed by atoms with Gasteiger partial charge in [-0.15, -0.1) is 0 Å². The van der Waals surface area contributed by atoms with Crippen LogP contribution in [0, 0.1) is 12.7 Å². The van der Waals surface area contributed by atoms with Crippen molar-refractivity contribution in [2.24, 2.45) is 10.1 Å². The quantitative estimate of drug-likeness (QED) is 0.690. The van der Waals surface area contributed by atoms with Gasteiger partial charge in [-0.3, -0.25) is 4.79 Å². The summed E-state index contributed by atoms with van der Waals surface area (Å²) < 4.78 is 22.6. The Bertz CT molecular complexity index is 1010. The van der Waals surface area contributed by atoms with E-state index in [4.69, 9.17) is 22.9 Å². The third-order valence-corrected chi connectivity index (χ3v) is 3.80. The number of nitrogens with zero attached hydrogens (tertiary/aromatic N) is 3. The summed E-state index contributed by atoms with van der Waals surface area (Å²) in [6, 6.07) is 7.48. The number of nitrogens with one attached hydrogen (secondary N) is 1. The van der Waals surface area contributed by atoms with Crippen LogP contribution in [0.15, 0.2) is 41.0 Å². The van der Waals surface area contributed by atoms with Gasteiger partial charge in [0.1, 0.15) is 23.7 Å². The van der Waals surface area contributed by atoms with Crippen molar-refractivity contribution in [3.8, 4) is 5.75 Å². The lowest BCUT2D eigenvalue weighted by Gasteiger charge is -2.14. The minimum absolute atomic E-state index is 0.144. The normalized spacial score (nSPS) is 10.5. The Labute approximate surface area is 153 Å². The Morgan fingerprint density at radius 1 is 1.35 bits per heavy atom. The smallest absolute Gasteiger partial charge is 0.255 e. The molecule has 132 valence electrons. The van der Waals surface area contributed by atoms with Crippen molar-refractivity contribution in [1.82, 2.24) is 9.97 Å². The minimum atomic E-state index is -0.663. The highest BCUT2D eigenvalue weighted by Crippen LogP contribution is 2.33. The van der Waals surface area contributed by atoms with E-state index in [9.17, 15) is 9.18 Å². The molecule has 1 aromatic heterocycles. The number of amides is 1. The predicted octanol–water partition coefficient (Wildman–Crippen LogP) is 3.05. The van der Waals surface area contributed by atoms with Gasteiger partial charge >= 0.3 is 0 Å². The van der Waals surface area contributed by atoms with Gasteiger partial charge in [-0.05, 0) is 36.8 Å². The van der Waals surface area contributed by atoms with Crippen LogP contribution in [0.4, 0.5) is 21.6 Å². The fourth-order valence-electron chi connectivity index (χ4n) is 2.52. The van der Waals surface area contributed by atoms with Crippen LogP contribution in [0.5, 0.6) is 5.75 Å². The first-order valence-electron chi connectivity index (χ1n) is 7.54. The van der Waals surface area contributed by atoms with Crippen molar-refractivity contribution < 1.29 is 13.9 Å². The highest BCUT2D eigenvalue weighted by Gasteiger charge is 2.12. The summed E-state index contributed by atoms with van der Waals surface area (Å²) >= 11 is 4.73. The van der Waals surface area contributed by atoms with E-state index in [0.717, 1.165) is 17.0 Å². The van der Waals surface area contributed by atoms with Gasteiger partial charge in [0.2, 0.25) is 0 Å². The monoisotopic (exact) mass is 371 g/mol. The molecule has 0 spiro atoms. The number of carbonyl (C=O) groups excluding carboxylic acids is 1. The molecule has 0 saturated heterocycles. The molecule has 1 heterocycles. The fourth-order valence-corrected chi connectivity index (χ4v) is 2.62. The van der Waals surface area contributed by atoms with Crippen molar-refractivity contribution in [3.05, 3.63) is 48.0 Å². The van der Waals surface area contributed by atoms with Gasteiger partial charge in [-0.2, -0.15) is 4.36 Å². The van der Waals surface area contributed by atoms with Gasteiger partial charge in [-0.25, -0.2) is 14.4 Å². The van der Waals surface area contributed by atoms with Gasteiger partial charge < -0.3 is 15.8 Å². The molecule has 0 unspecified atom stereocenters. The molecule has 7 nitrogen and oxygen atoms in total. The number of rotatable bonds is 6. The molecule has 0 aliphatic rings. The summed E-state index contributed by atoms with van der Waals surface area (Å²) in [6.45, 7) is 1.52. The number of aryl methyl sites for hydroxylation is 1. The highest BCUT2D eigenvalue weighted by molar-refractivity contribution is 7.47. The standard InChI is InChI=1S/C17H14FN5O2S/c1-9-4-11(23-26)6-13-16(9)17(21-8-20-13)22-12-3-2-10(18)5-14(12)25-7-15(19)24/h2-6,8H,7H2,1H3,(H2,19,24)(H,20,21,22). The number of primary amides is 1. The van der Waals surface area contributed by atoms with Crippen molar-refractivity contribution >= 4 is 46.4 Å². The summed E-state index contributed by atoms with van der Waals surface area (Å²) in [5.41, 5.74) is 7.68. The average molecular weight is 371 g/mol. The van der Waals surface area contributed by atoms with E-state index in [1.165, 1.54) is 18.5 Å². The summed E-state index contributed by atoms with van der Waals surface area (Å²) in [6.07, 6.45) is 1.39. The number of hydrogen-bond acceptors (Lipinski definition) is 7. The van der Waals surface area contributed by atoms with Gasteiger partial charge in [0.05, 0.1) is 16.9 Å². The second-order valence-electron chi connectivity index (χ2n) is 5.49. The van der Waals surface area contributed by atoms with E-state index in [0.29, 0.717) is 22.7 Å². The van der Waals surface area contributed by atoms with Gasteiger partial charge in [0, 0.05) is 23.9 Å². The van der Waals surface area contributed by atoms with E-state index < -0.39 is 11.7 Å². The molecule has 2 aromatic carbocycles. The van der Waals surface area contributed by atoms with E-state index in [1.54, 1.807) is 6.07 Å². The molecule has 0 atom stereocenters. The second kappa shape index (κ2) is 7.36. The molecule has 3 rings (SSSR count). The lowest BCUT2D eigenvalue weighted by molar-refractivity contribution is -0.119. The van der Waals surface area contributed by atoms with Gasteiger partial charge in [-0.1, -0.05) is 0 Å². The Balaban J connectivity index is 2.04. The number of carbonyl (C=O) groups is 1.